The van der Waals surface area contributed by atoms with Gasteiger partial charge in [-0.15, -0.1) is 0 Å². The van der Waals surface area contributed by atoms with E-state index in [0.717, 1.165) is 11.1 Å². The number of carbonyl (C=O) groups excluding carboxylic acids is 3. The van der Waals surface area contributed by atoms with Crippen LogP contribution in [-0.4, -0.2) is 27.6 Å². The maximum atomic E-state index is 12.3. The fourth-order valence-corrected chi connectivity index (χ4v) is 2.54. The lowest BCUT2D eigenvalue weighted by atomic mass is 10.1. The average molecular weight is 323 g/mol. The Bertz CT molecular complexity index is 783. The van der Waals surface area contributed by atoms with E-state index in [1.807, 2.05) is 13.0 Å². The molecular formula is C18H17N3O3. The largest absolute Gasteiger partial charge is 0.306 e. The van der Waals surface area contributed by atoms with Crippen LogP contribution >= 0.6 is 0 Å². The molecule has 1 aromatic heterocycles. The van der Waals surface area contributed by atoms with Crippen molar-refractivity contribution in [1.82, 2.24) is 9.88 Å². The summed E-state index contributed by atoms with van der Waals surface area (Å²) in [5.74, 6) is -0.0172. The summed E-state index contributed by atoms with van der Waals surface area (Å²) < 4.78 is 0. The number of nitrogens with one attached hydrogen (secondary N) is 1. The van der Waals surface area contributed by atoms with Crippen molar-refractivity contribution in [3.05, 3.63) is 59.3 Å². The summed E-state index contributed by atoms with van der Waals surface area (Å²) in [5.41, 5.74) is 2.18. The van der Waals surface area contributed by atoms with Crippen LogP contribution in [0.15, 0.2) is 42.6 Å². The predicted octanol–water partition coefficient (Wildman–Crippen LogP) is 2.29. The average Bonchev–Trinajstić information content (AvgIpc) is 2.89. The number of rotatable bonds is 4. The highest BCUT2D eigenvalue weighted by Crippen LogP contribution is 2.17. The molecule has 0 radical (unpaired) electrons. The molecule has 1 aliphatic rings. The smallest absolute Gasteiger partial charge is 0.256 e. The Balaban J connectivity index is 1.68. The highest BCUT2D eigenvalue weighted by molar-refractivity contribution is 6.04. The number of imide groups is 1. The van der Waals surface area contributed by atoms with E-state index in [0.29, 0.717) is 11.4 Å². The van der Waals surface area contributed by atoms with Crippen molar-refractivity contribution >= 4 is 23.5 Å². The molecule has 3 rings (SSSR count). The Morgan fingerprint density at radius 1 is 1.12 bits per heavy atom. The quantitative estimate of drug-likeness (QED) is 0.876. The first-order valence-corrected chi connectivity index (χ1v) is 7.69. The van der Waals surface area contributed by atoms with Gasteiger partial charge in [0.05, 0.1) is 6.54 Å². The van der Waals surface area contributed by atoms with Crippen LogP contribution in [0.5, 0.6) is 0 Å². The van der Waals surface area contributed by atoms with E-state index >= 15 is 0 Å². The molecule has 6 heteroatoms. The second kappa shape index (κ2) is 6.62. The number of aromatic nitrogens is 1. The second-order valence-electron chi connectivity index (χ2n) is 5.69. The molecule has 0 aliphatic carbocycles. The number of benzene rings is 1. The molecule has 24 heavy (non-hydrogen) atoms. The van der Waals surface area contributed by atoms with Gasteiger partial charge >= 0.3 is 0 Å². The van der Waals surface area contributed by atoms with Crippen LogP contribution in [0.1, 0.15) is 34.3 Å². The molecule has 0 bridgehead atoms. The van der Waals surface area contributed by atoms with Crippen molar-refractivity contribution in [1.29, 1.82) is 0 Å². The Hall–Kier alpha value is -3.02. The molecule has 3 amide bonds. The van der Waals surface area contributed by atoms with E-state index in [1.165, 1.54) is 4.90 Å². The van der Waals surface area contributed by atoms with Crippen LogP contribution in [0.4, 0.5) is 5.82 Å². The molecule has 1 aromatic carbocycles. The van der Waals surface area contributed by atoms with E-state index in [9.17, 15) is 14.4 Å². The Labute approximate surface area is 139 Å². The van der Waals surface area contributed by atoms with E-state index < -0.39 is 0 Å². The molecule has 0 spiro atoms. The van der Waals surface area contributed by atoms with Gasteiger partial charge in [-0.25, -0.2) is 4.98 Å². The molecule has 1 saturated heterocycles. The molecule has 2 heterocycles. The second-order valence-corrected chi connectivity index (χ2v) is 5.69. The number of anilines is 1. The summed E-state index contributed by atoms with van der Waals surface area (Å²) in [6.07, 6.45) is 2.18. The van der Waals surface area contributed by atoms with Gasteiger partial charge in [0.15, 0.2) is 0 Å². The van der Waals surface area contributed by atoms with Gasteiger partial charge in [0.25, 0.3) is 5.91 Å². The van der Waals surface area contributed by atoms with Gasteiger partial charge in [0.2, 0.25) is 11.8 Å². The number of aryl methyl sites for hydroxylation is 1. The molecular weight excluding hydrogens is 306 g/mol. The minimum atomic E-state index is -0.253. The van der Waals surface area contributed by atoms with Crippen molar-refractivity contribution in [3.63, 3.8) is 0 Å². The minimum absolute atomic E-state index is 0.146. The van der Waals surface area contributed by atoms with Crippen LogP contribution in [0.3, 0.4) is 0 Å². The highest BCUT2D eigenvalue weighted by atomic mass is 16.2. The van der Waals surface area contributed by atoms with Crippen molar-refractivity contribution in [2.24, 2.45) is 0 Å². The van der Waals surface area contributed by atoms with Crippen LogP contribution in [0.25, 0.3) is 0 Å². The standard InChI is InChI=1S/C18H17N3O3/c1-12-3-2-10-19-17(12)20-18(24)14-6-4-13(5-7-14)11-21-15(22)8-9-16(21)23/h2-7,10H,8-9,11H2,1H3,(H,19,20,24). The van der Waals surface area contributed by atoms with Gasteiger partial charge < -0.3 is 5.32 Å². The zero-order valence-corrected chi connectivity index (χ0v) is 13.3. The first kappa shape index (κ1) is 15.9. The number of amides is 3. The highest BCUT2D eigenvalue weighted by Gasteiger charge is 2.28. The van der Waals surface area contributed by atoms with Gasteiger partial charge in [-0.3, -0.25) is 19.3 Å². The van der Waals surface area contributed by atoms with Crippen molar-refractivity contribution in [2.75, 3.05) is 5.32 Å². The summed E-state index contributed by atoms with van der Waals surface area (Å²) in [7, 11) is 0. The van der Waals surface area contributed by atoms with E-state index in [4.69, 9.17) is 0 Å². The number of hydrogen-bond donors (Lipinski definition) is 1. The van der Waals surface area contributed by atoms with E-state index in [-0.39, 0.29) is 37.1 Å². The van der Waals surface area contributed by atoms with E-state index in [1.54, 1.807) is 36.5 Å². The lowest BCUT2D eigenvalue weighted by molar-refractivity contribution is -0.139. The van der Waals surface area contributed by atoms with Crippen LogP contribution in [0, 0.1) is 6.92 Å². The minimum Gasteiger partial charge on any atom is -0.306 e. The number of likely N-dealkylation sites (tertiary alicyclic amines) is 1. The monoisotopic (exact) mass is 323 g/mol. The lowest BCUT2D eigenvalue weighted by Gasteiger charge is -2.14. The maximum absolute atomic E-state index is 12.3. The molecule has 0 saturated carbocycles. The zero-order chi connectivity index (χ0) is 17.1. The fraction of sp³-hybridized carbons (Fsp3) is 0.222. The molecule has 0 atom stereocenters. The third-order valence-electron chi connectivity index (χ3n) is 3.95. The summed E-state index contributed by atoms with van der Waals surface area (Å²) in [5, 5.41) is 2.76. The number of pyridine rings is 1. The Morgan fingerprint density at radius 3 is 2.42 bits per heavy atom. The molecule has 1 fully saturated rings. The first-order valence-electron chi connectivity index (χ1n) is 7.69. The first-order chi connectivity index (χ1) is 11.5. The van der Waals surface area contributed by atoms with Gasteiger partial charge in [0.1, 0.15) is 5.82 Å². The molecule has 2 aromatic rings. The van der Waals surface area contributed by atoms with Crippen molar-refractivity contribution in [3.8, 4) is 0 Å². The lowest BCUT2D eigenvalue weighted by Crippen LogP contribution is -2.28. The van der Waals surface area contributed by atoms with Crippen LogP contribution in [0.2, 0.25) is 0 Å². The van der Waals surface area contributed by atoms with Gasteiger partial charge in [0, 0.05) is 24.6 Å². The maximum Gasteiger partial charge on any atom is 0.256 e. The summed E-state index contributed by atoms with van der Waals surface area (Å²) in [6.45, 7) is 2.12. The van der Waals surface area contributed by atoms with Gasteiger partial charge in [-0.1, -0.05) is 18.2 Å². The molecule has 0 unspecified atom stereocenters. The number of hydrogen-bond acceptors (Lipinski definition) is 4. The molecule has 1 aliphatic heterocycles. The Morgan fingerprint density at radius 2 is 1.79 bits per heavy atom. The molecule has 6 nitrogen and oxygen atoms in total. The third-order valence-corrected chi connectivity index (χ3v) is 3.95. The number of carbonyl (C=O) groups is 3. The van der Waals surface area contributed by atoms with Crippen molar-refractivity contribution in [2.45, 2.75) is 26.3 Å². The SMILES string of the molecule is Cc1cccnc1NC(=O)c1ccc(CN2C(=O)CCC2=O)cc1. The normalized spacial score (nSPS) is 14.1. The van der Waals surface area contributed by atoms with E-state index in [2.05, 4.69) is 10.3 Å². The van der Waals surface area contributed by atoms with Gasteiger partial charge in [-0.05, 0) is 36.2 Å². The molecule has 122 valence electrons. The number of nitrogens with zero attached hydrogens (tertiary/aromatic N) is 2. The van der Waals surface area contributed by atoms with Crippen molar-refractivity contribution < 1.29 is 14.4 Å². The summed E-state index contributed by atoms with van der Waals surface area (Å²) in [4.78, 5) is 40.9. The van der Waals surface area contributed by atoms with Crippen LogP contribution in [-0.2, 0) is 16.1 Å². The summed E-state index contributed by atoms with van der Waals surface area (Å²) in [6, 6.07) is 10.5. The van der Waals surface area contributed by atoms with Crippen LogP contribution < -0.4 is 5.32 Å². The summed E-state index contributed by atoms with van der Waals surface area (Å²) >= 11 is 0. The third kappa shape index (κ3) is 3.32. The fourth-order valence-electron chi connectivity index (χ4n) is 2.54. The predicted molar refractivity (Wildman–Crippen MR) is 88.2 cm³/mol. The molecule has 1 N–H and O–H groups in total. The Kier molecular flexibility index (Phi) is 4.37. The topological polar surface area (TPSA) is 79.4 Å². The zero-order valence-electron chi connectivity index (χ0n) is 13.3. The van der Waals surface area contributed by atoms with Gasteiger partial charge in [-0.2, -0.15) is 0 Å².